The smallest absolute Gasteiger partial charge is 0.159 e. The van der Waals surface area contributed by atoms with Crippen molar-refractivity contribution in [3.63, 3.8) is 0 Å². The van der Waals surface area contributed by atoms with Crippen LogP contribution in [0.25, 0.3) is 0 Å². The maximum absolute atomic E-state index is 13.2. The van der Waals surface area contributed by atoms with Crippen molar-refractivity contribution in [2.24, 2.45) is 51.8 Å². The molecule has 4 N–H and O–H groups in total. The van der Waals surface area contributed by atoms with Gasteiger partial charge in [0, 0.05) is 18.2 Å². The first-order valence-electron chi connectivity index (χ1n) is 12.2. The van der Waals surface area contributed by atoms with E-state index in [0.717, 1.165) is 42.9 Å². The highest BCUT2D eigenvalue weighted by Crippen LogP contribution is 2.64. The van der Waals surface area contributed by atoms with Gasteiger partial charge in [0.05, 0.1) is 6.34 Å². The van der Waals surface area contributed by atoms with E-state index in [-0.39, 0.29) is 29.2 Å². The minimum absolute atomic E-state index is 0.0810. The minimum atomic E-state index is 0.0810. The molecule has 0 amide bonds. The molecule has 4 aliphatic rings. The zero-order valence-corrected chi connectivity index (χ0v) is 18.9. The van der Waals surface area contributed by atoms with Gasteiger partial charge < -0.3 is 5.73 Å². The van der Waals surface area contributed by atoms with Gasteiger partial charge in [-0.15, -0.1) is 0 Å². The summed E-state index contributed by atoms with van der Waals surface area (Å²) in [5.41, 5.74) is 9.57. The summed E-state index contributed by atoms with van der Waals surface area (Å²) in [4.78, 5) is 13.2. The fraction of sp³-hybridized carbons (Fsp3) is 0.875. The maximum atomic E-state index is 13.2. The SMILES string of the molecule is C=NN(CC(=O)[C@H]1CC[C@H]2C3CC[C@H]4C[C@@](N)(CC)CC[C@@H]4[C@H]3CCC12C)NC=N. The van der Waals surface area contributed by atoms with E-state index in [0.29, 0.717) is 5.92 Å². The average Bonchev–Trinajstić information content (AvgIpc) is 3.10. The topological polar surface area (TPSA) is 94.6 Å². The van der Waals surface area contributed by atoms with Crippen LogP contribution in [0.15, 0.2) is 5.10 Å². The van der Waals surface area contributed by atoms with Crippen molar-refractivity contribution in [1.29, 1.82) is 5.41 Å². The predicted octanol–water partition coefficient (Wildman–Crippen LogP) is 3.96. The number of ketones is 1. The molecule has 0 heterocycles. The van der Waals surface area contributed by atoms with Gasteiger partial charge in [-0.1, -0.05) is 13.8 Å². The quantitative estimate of drug-likeness (QED) is 0.333. The molecule has 4 fully saturated rings. The molecule has 0 saturated heterocycles. The lowest BCUT2D eigenvalue weighted by Gasteiger charge is -2.57. The Bertz CT molecular complexity index is 683. The second-order valence-electron chi connectivity index (χ2n) is 11.0. The van der Waals surface area contributed by atoms with Crippen molar-refractivity contribution in [2.75, 3.05) is 6.54 Å². The molecule has 0 aromatic rings. The fourth-order valence-corrected chi connectivity index (χ4v) is 8.33. The Morgan fingerprint density at radius 3 is 2.67 bits per heavy atom. The molecule has 4 rings (SSSR count). The van der Waals surface area contributed by atoms with Gasteiger partial charge in [0.15, 0.2) is 5.78 Å². The highest BCUT2D eigenvalue weighted by molar-refractivity contribution is 5.84. The van der Waals surface area contributed by atoms with Crippen molar-refractivity contribution in [3.8, 4) is 0 Å². The first-order valence-corrected chi connectivity index (χ1v) is 12.2. The van der Waals surface area contributed by atoms with Gasteiger partial charge in [-0.3, -0.25) is 15.6 Å². The van der Waals surface area contributed by atoms with Crippen LogP contribution >= 0.6 is 0 Å². The lowest BCUT2D eigenvalue weighted by molar-refractivity contribution is -0.132. The summed E-state index contributed by atoms with van der Waals surface area (Å²) in [6.45, 7) is 8.37. The van der Waals surface area contributed by atoms with Gasteiger partial charge in [-0.05, 0) is 99.2 Å². The van der Waals surface area contributed by atoms with E-state index < -0.39 is 0 Å². The molecule has 6 nitrogen and oxygen atoms in total. The second-order valence-corrected chi connectivity index (χ2v) is 11.0. The predicted molar refractivity (Wildman–Crippen MR) is 121 cm³/mol. The third kappa shape index (κ3) is 3.59. The largest absolute Gasteiger partial charge is 0.325 e. The molecule has 30 heavy (non-hydrogen) atoms. The molecule has 0 aliphatic heterocycles. The number of hydrazone groups is 1. The van der Waals surface area contributed by atoms with Crippen molar-refractivity contribution in [3.05, 3.63) is 0 Å². The second kappa shape index (κ2) is 8.25. The van der Waals surface area contributed by atoms with Crippen LogP contribution in [0, 0.1) is 46.3 Å². The Balaban J connectivity index is 1.46. The molecule has 6 heteroatoms. The molecule has 0 radical (unpaired) electrons. The minimum Gasteiger partial charge on any atom is -0.325 e. The lowest BCUT2D eigenvalue weighted by atomic mass is 9.48. The van der Waals surface area contributed by atoms with Gasteiger partial charge in [0.2, 0.25) is 0 Å². The van der Waals surface area contributed by atoms with E-state index in [2.05, 4.69) is 31.1 Å². The van der Waals surface area contributed by atoms with Crippen LogP contribution in [-0.4, -0.2) is 36.0 Å². The van der Waals surface area contributed by atoms with Crippen LogP contribution in [-0.2, 0) is 4.79 Å². The molecule has 2 unspecified atom stereocenters. The number of hydrogen-bond donors (Lipinski definition) is 3. The number of hydrazine groups is 1. The van der Waals surface area contributed by atoms with E-state index in [9.17, 15) is 4.79 Å². The van der Waals surface area contributed by atoms with Crippen molar-refractivity contribution >= 4 is 18.8 Å². The van der Waals surface area contributed by atoms with Gasteiger partial charge >= 0.3 is 0 Å². The van der Waals surface area contributed by atoms with Crippen molar-refractivity contribution < 1.29 is 4.79 Å². The van der Waals surface area contributed by atoms with Crippen LogP contribution < -0.4 is 11.2 Å². The third-order valence-corrected chi connectivity index (χ3v) is 9.95. The highest BCUT2D eigenvalue weighted by atomic mass is 16.1. The molecule has 0 bridgehead atoms. The first kappa shape index (κ1) is 21.8. The molecule has 0 aromatic carbocycles. The van der Waals surface area contributed by atoms with Gasteiger partial charge in [0.25, 0.3) is 0 Å². The van der Waals surface area contributed by atoms with E-state index in [4.69, 9.17) is 11.1 Å². The zero-order valence-electron chi connectivity index (χ0n) is 18.9. The zero-order chi connectivity index (χ0) is 21.5. The van der Waals surface area contributed by atoms with Crippen LogP contribution in [0.3, 0.4) is 0 Å². The highest BCUT2D eigenvalue weighted by Gasteiger charge is 2.58. The number of nitrogens with one attached hydrogen (secondary N) is 2. The van der Waals surface area contributed by atoms with Crippen LogP contribution in [0.4, 0.5) is 0 Å². The van der Waals surface area contributed by atoms with E-state index in [1.165, 1.54) is 56.5 Å². The van der Waals surface area contributed by atoms with E-state index in [1.807, 2.05) is 0 Å². The Morgan fingerprint density at radius 2 is 1.97 bits per heavy atom. The van der Waals surface area contributed by atoms with Gasteiger partial charge in [-0.25, -0.2) is 5.12 Å². The molecule has 8 atom stereocenters. The normalized spacial score (nSPS) is 44.9. The average molecular weight is 416 g/mol. The van der Waals surface area contributed by atoms with Gasteiger partial charge in [0.1, 0.15) is 6.54 Å². The maximum Gasteiger partial charge on any atom is 0.159 e. The molecule has 0 spiro atoms. The molecular weight excluding hydrogens is 374 g/mol. The van der Waals surface area contributed by atoms with Crippen molar-refractivity contribution in [1.82, 2.24) is 10.5 Å². The summed E-state index contributed by atoms with van der Waals surface area (Å²) >= 11 is 0. The number of Topliss-reactive ketones (excluding diaryl/α,β-unsaturated/α-hetero) is 1. The van der Waals surface area contributed by atoms with Gasteiger partial charge in [-0.2, -0.15) is 5.10 Å². The monoisotopic (exact) mass is 415 g/mol. The molecular formula is C24H41N5O. The van der Waals surface area contributed by atoms with E-state index >= 15 is 0 Å². The number of hydrogen-bond acceptors (Lipinski definition) is 5. The Hall–Kier alpha value is -1.43. The fourth-order valence-electron chi connectivity index (χ4n) is 8.33. The van der Waals surface area contributed by atoms with Crippen LogP contribution in [0.5, 0.6) is 0 Å². The number of carbonyl (C=O) groups excluding carboxylic acids is 1. The van der Waals surface area contributed by atoms with Crippen LogP contribution in [0.1, 0.15) is 78.1 Å². The number of rotatable bonds is 7. The third-order valence-electron chi connectivity index (χ3n) is 9.95. The van der Waals surface area contributed by atoms with Crippen molar-refractivity contribution in [2.45, 2.75) is 83.6 Å². The number of fused-ring (bicyclic) bond motifs is 5. The number of nitrogens with two attached hydrogens (primary N) is 1. The Morgan fingerprint density at radius 1 is 1.20 bits per heavy atom. The summed E-state index contributed by atoms with van der Waals surface area (Å²) in [7, 11) is 0. The number of carbonyl (C=O) groups is 1. The lowest BCUT2D eigenvalue weighted by Crippen LogP contribution is -2.53. The summed E-state index contributed by atoms with van der Waals surface area (Å²) in [5.74, 6) is 4.38. The molecule has 4 aliphatic carbocycles. The van der Waals surface area contributed by atoms with E-state index in [1.54, 1.807) is 0 Å². The molecule has 0 aromatic heterocycles. The standard InChI is InChI=1S/C24H41N5O/c1-4-24(26)12-10-17-16(13-24)5-6-19-18(17)9-11-23(2)20(19)7-8-21(23)22(30)14-29(27-3)28-15-25/h15-21H,3-14,26H2,1-2H3,(H2,25,28)/t16-,17-,18+,19?,20-,21+,23?,24+/m0/s1. The number of nitrogens with zero attached hydrogens (tertiary/aromatic N) is 2. The summed E-state index contributed by atoms with van der Waals surface area (Å²) < 4.78 is 0. The van der Waals surface area contributed by atoms with Crippen LogP contribution in [0.2, 0.25) is 0 Å². The molecule has 168 valence electrons. The molecule has 4 saturated carbocycles. The summed E-state index contributed by atoms with van der Waals surface area (Å²) in [5, 5.41) is 12.4. The summed E-state index contributed by atoms with van der Waals surface area (Å²) in [6.07, 6.45) is 13.2. The summed E-state index contributed by atoms with van der Waals surface area (Å²) in [6, 6.07) is 0. The Kier molecular flexibility index (Phi) is 5.99. The first-order chi connectivity index (χ1) is 14.3. The Labute approximate surface area is 181 Å².